The molecular formula is C11H16N2O6. The van der Waals surface area contributed by atoms with Gasteiger partial charge in [0.1, 0.15) is 12.1 Å². The van der Waals surface area contributed by atoms with Gasteiger partial charge < -0.3 is 20.1 Å². The van der Waals surface area contributed by atoms with Crippen molar-refractivity contribution < 1.29 is 29.6 Å². The van der Waals surface area contributed by atoms with Crippen molar-refractivity contribution in [1.82, 2.24) is 9.78 Å². The molecule has 0 saturated heterocycles. The lowest BCUT2D eigenvalue weighted by molar-refractivity contribution is -0.159. The lowest BCUT2D eigenvalue weighted by atomic mass is 10.1. The van der Waals surface area contributed by atoms with E-state index in [-0.39, 0.29) is 12.2 Å². The largest absolute Gasteiger partial charge is 0.480 e. The molecule has 19 heavy (non-hydrogen) atoms. The minimum Gasteiger partial charge on any atom is -0.480 e. The molecule has 0 aliphatic carbocycles. The molecule has 3 N–H and O–H groups in total. The number of aliphatic carboxylic acids is 1. The van der Waals surface area contributed by atoms with Crippen molar-refractivity contribution in [2.45, 2.75) is 32.1 Å². The number of rotatable bonds is 6. The van der Waals surface area contributed by atoms with Crippen molar-refractivity contribution in [2.24, 2.45) is 0 Å². The zero-order valence-corrected chi connectivity index (χ0v) is 10.6. The van der Waals surface area contributed by atoms with Gasteiger partial charge in [-0.2, -0.15) is 5.10 Å². The van der Waals surface area contributed by atoms with Gasteiger partial charge in [0, 0.05) is 11.8 Å². The molecule has 8 heteroatoms. The van der Waals surface area contributed by atoms with Gasteiger partial charge in [-0.3, -0.25) is 4.68 Å². The summed E-state index contributed by atoms with van der Waals surface area (Å²) in [6.07, 6.45) is -0.815. The van der Waals surface area contributed by atoms with Crippen molar-refractivity contribution in [3.05, 3.63) is 18.0 Å². The fourth-order valence-electron chi connectivity index (χ4n) is 1.37. The summed E-state index contributed by atoms with van der Waals surface area (Å²) < 4.78 is 5.68. The first-order valence-corrected chi connectivity index (χ1v) is 5.68. The molecule has 3 atom stereocenters. The van der Waals surface area contributed by atoms with Gasteiger partial charge in [-0.15, -0.1) is 0 Å². The zero-order chi connectivity index (χ0) is 14.6. The van der Waals surface area contributed by atoms with Crippen LogP contribution in [-0.4, -0.2) is 49.7 Å². The molecule has 106 valence electrons. The number of hydrogen-bond donors (Lipinski definition) is 3. The molecule has 0 amide bonds. The molecule has 0 saturated carbocycles. The van der Waals surface area contributed by atoms with Crippen LogP contribution in [0.5, 0.6) is 0 Å². The van der Waals surface area contributed by atoms with Gasteiger partial charge in [0.15, 0.2) is 6.10 Å². The Morgan fingerprint density at radius 3 is 2.63 bits per heavy atom. The van der Waals surface area contributed by atoms with Gasteiger partial charge >= 0.3 is 11.9 Å². The molecule has 2 unspecified atom stereocenters. The third kappa shape index (κ3) is 3.52. The first-order chi connectivity index (χ1) is 8.88. The first kappa shape index (κ1) is 15.1. The first-order valence-electron chi connectivity index (χ1n) is 5.68. The Labute approximate surface area is 109 Å². The monoisotopic (exact) mass is 272 g/mol. The topological polar surface area (TPSA) is 122 Å². The van der Waals surface area contributed by atoms with E-state index in [9.17, 15) is 19.8 Å². The quantitative estimate of drug-likeness (QED) is 0.596. The lowest BCUT2D eigenvalue weighted by Gasteiger charge is -2.14. The highest BCUT2D eigenvalue weighted by molar-refractivity contribution is 5.75. The normalized spacial score (nSPS) is 15.6. The second-order valence-corrected chi connectivity index (χ2v) is 3.91. The molecule has 8 nitrogen and oxygen atoms in total. The number of aromatic nitrogens is 2. The van der Waals surface area contributed by atoms with E-state index in [4.69, 9.17) is 5.11 Å². The SMILES string of the molecule is CCOC(=O)C(O)C(O)c1cnn([C@@H](C)C(=O)O)c1. The van der Waals surface area contributed by atoms with Crippen LogP contribution in [0.15, 0.2) is 12.4 Å². The highest BCUT2D eigenvalue weighted by atomic mass is 16.5. The second kappa shape index (κ2) is 6.30. The molecule has 1 aromatic heterocycles. The van der Waals surface area contributed by atoms with Crippen LogP contribution in [0.25, 0.3) is 0 Å². The average Bonchev–Trinajstić information content (AvgIpc) is 2.85. The van der Waals surface area contributed by atoms with Crippen LogP contribution in [0, 0.1) is 0 Å². The molecule has 0 radical (unpaired) electrons. The summed E-state index contributed by atoms with van der Waals surface area (Å²) in [6, 6.07) is -0.916. The number of carbonyl (C=O) groups excluding carboxylic acids is 1. The third-order valence-electron chi connectivity index (χ3n) is 2.54. The fraction of sp³-hybridized carbons (Fsp3) is 0.545. The van der Waals surface area contributed by atoms with E-state index in [1.165, 1.54) is 19.3 Å². The van der Waals surface area contributed by atoms with E-state index in [2.05, 4.69) is 9.84 Å². The molecular weight excluding hydrogens is 256 g/mol. The molecule has 1 rings (SSSR count). The minimum atomic E-state index is -1.74. The van der Waals surface area contributed by atoms with E-state index < -0.39 is 30.2 Å². The maximum atomic E-state index is 11.3. The maximum Gasteiger partial charge on any atom is 0.338 e. The van der Waals surface area contributed by atoms with Gasteiger partial charge in [-0.1, -0.05) is 0 Å². The summed E-state index contributed by atoms with van der Waals surface area (Å²) in [5.41, 5.74) is 0.133. The fourth-order valence-corrected chi connectivity index (χ4v) is 1.37. The third-order valence-corrected chi connectivity index (χ3v) is 2.54. The standard InChI is InChI=1S/C11H16N2O6/c1-3-19-11(18)9(15)8(14)7-4-12-13(5-7)6(2)10(16)17/h4-6,8-9,14-15H,3H2,1-2H3,(H,16,17)/t6-,8?,9?/m0/s1. The highest BCUT2D eigenvalue weighted by Gasteiger charge is 2.28. The Bertz CT molecular complexity index is 458. The summed E-state index contributed by atoms with van der Waals surface area (Å²) >= 11 is 0. The van der Waals surface area contributed by atoms with Crippen LogP contribution >= 0.6 is 0 Å². The number of carboxylic acids is 1. The molecule has 1 heterocycles. The number of hydrogen-bond acceptors (Lipinski definition) is 6. The molecule has 0 aromatic carbocycles. The Hall–Kier alpha value is -1.93. The van der Waals surface area contributed by atoms with Crippen molar-refractivity contribution in [3.63, 3.8) is 0 Å². The van der Waals surface area contributed by atoms with E-state index in [0.717, 1.165) is 4.68 Å². The molecule has 0 aliphatic rings. The number of aliphatic hydroxyl groups is 2. The molecule has 0 aliphatic heterocycles. The predicted molar refractivity (Wildman–Crippen MR) is 62.2 cm³/mol. The van der Waals surface area contributed by atoms with Gasteiger partial charge in [0.2, 0.25) is 0 Å². The lowest BCUT2D eigenvalue weighted by Crippen LogP contribution is -2.29. The van der Waals surface area contributed by atoms with Crippen molar-refractivity contribution >= 4 is 11.9 Å². The Kier molecular flexibility index (Phi) is 5.02. The summed E-state index contributed by atoms with van der Waals surface area (Å²) in [6.45, 7) is 3.06. The van der Waals surface area contributed by atoms with Crippen LogP contribution in [0.4, 0.5) is 0 Å². The number of carboxylic acid groups (broad SMARTS) is 1. The zero-order valence-electron chi connectivity index (χ0n) is 10.6. The Morgan fingerprint density at radius 2 is 2.11 bits per heavy atom. The summed E-state index contributed by atoms with van der Waals surface area (Å²) in [4.78, 5) is 22.0. The smallest absolute Gasteiger partial charge is 0.338 e. The van der Waals surface area contributed by atoms with Crippen LogP contribution in [0.1, 0.15) is 31.6 Å². The molecule has 0 spiro atoms. The van der Waals surface area contributed by atoms with Crippen molar-refractivity contribution in [2.75, 3.05) is 6.61 Å². The van der Waals surface area contributed by atoms with Crippen LogP contribution in [0.3, 0.4) is 0 Å². The maximum absolute atomic E-state index is 11.3. The number of ether oxygens (including phenoxy) is 1. The second-order valence-electron chi connectivity index (χ2n) is 3.91. The molecule has 0 fully saturated rings. The Morgan fingerprint density at radius 1 is 1.47 bits per heavy atom. The summed E-state index contributed by atoms with van der Waals surface area (Å²) in [5, 5.41) is 31.9. The van der Waals surface area contributed by atoms with Gasteiger partial charge in [-0.25, -0.2) is 9.59 Å². The van der Waals surface area contributed by atoms with E-state index in [1.54, 1.807) is 6.92 Å². The average molecular weight is 272 g/mol. The number of nitrogens with zero attached hydrogens (tertiary/aromatic N) is 2. The number of esters is 1. The van der Waals surface area contributed by atoms with Crippen LogP contribution < -0.4 is 0 Å². The van der Waals surface area contributed by atoms with Crippen molar-refractivity contribution in [3.8, 4) is 0 Å². The van der Waals surface area contributed by atoms with Gasteiger partial charge in [-0.05, 0) is 13.8 Å². The van der Waals surface area contributed by atoms with E-state index in [1.807, 2.05) is 0 Å². The van der Waals surface area contributed by atoms with E-state index in [0.29, 0.717) is 0 Å². The molecule has 0 bridgehead atoms. The van der Waals surface area contributed by atoms with Crippen LogP contribution in [0.2, 0.25) is 0 Å². The van der Waals surface area contributed by atoms with Crippen LogP contribution in [-0.2, 0) is 14.3 Å². The van der Waals surface area contributed by atoms with Crippen molar-refractivity contribution in [1.29, 1.82) is 0 Å². The number of carbonyl (C=O) groups is 2. The summed E-state index contributed by atoms with van der Waals surface area (Å²) in [5.74, 6) is -2.04. The Balaban J connectivity index is 2.81. The van der Waals surface area contributed by atoms with Gasteiger partial charge in [0.05, 0.1) is 12.8 Å². The minimum absolute atomic E-state index is 0.0813. The number of aliphatic hydroxyl groups excluding tert-OH is 2. The highest BCUT2D eigenvalue weighted by Crippen LogP contribution is 2.18. The van der Waals surface area contributed by atoms with Gasteiger partial charge in [0.25, 0.3) is 0 Å². The summed E-state index contributed by atoms with van der Waals surface area (Å²) in [7, 11) is 0. The van der Waals surface area contributed by atoms with E-state index >= 15 is 0 Å². The predicted octanol–water partition coefficient (Wildman–Crippen LogP) is -0.514. The molecule has 1 aromatic rings.